The van der Waals surface area contributed by atoms with Crippen molar-refractivity contribution in [3.63, 3.8) is 0 Å². The van der Waals surface area contributed by atoms with E-state index in [9.17, 15) is 9.59 Å². The number of esters is 1. The van der Waals surface area contributed by atoms with Crippen LogP contribution >= 0.6 is 0 Å². The van der Waals surface area contributed by atoms with Gasteiger partial charge >= 0.3 is 5.97 Å². The van der Waals surface area contributed by atoms with Crippen molar-refractivity contribution in [1.29, 1.82) is 0 Å². The molecule has 1 N–H and O–H groups in total. The molecule has 1 aromatic heterocycles. The van der Waals surface area contributed by atoms with E-state index in [-0.39, 0.29) is 24.6 Å². The molecule has 0 unspecified atom stereocenters. The predicted molar refractivity (Wildman–Crippen MR) is 99.8 cm³/mol. The first-order chi connectivity index (χ1) is 12.7. The number of aromatic amines is 1. The second-order valence-corrected chi connectivity index (χ2v) is 6.02. The summed E-state index contributed by atoms with van der Waals surface area (Å²) < 4.78 is 5.45. The number of benzene rings is 3. The van der Waals surface area contributed by atoms with E-state index in [1.807, 2.05) is 48.5 Å². The molecule has 0 saturated heterocycles. The van der Waals surface area contributed by atoms with Gasteiger partial charge in [0.2, 0.25) is 0 Å². The first-order valence-electron chi connectivity index (χ1n) is 8.31. The van der Waals surface area contributed by atoms with Gasteiger partial charge in [0.25, 0.3) is 5.56 Å². The zero-order chi connectivity index (χ0) is 17.9. The maximum Gasteiger partial charge on any atom is 0.312 e. The van der Waals surface area contributed by atoms with Gasteiger partial charge in [0.15, 0.2) is 0 Å². The van der Waals surface area contributed by atoms with Crippen LogP contribution in [0.1, 0.15) is 11.3 Å². The van der Waals surface area contributed by atoms with Crippen LogP contribution < -0.4 is 5.56 Å². The lowest BCUT2D eigenvalue weighted by molar-refractivity contribution is -0.144. The third-order valence-electron chi connectivity index (χ3n) is 4.36. The normalized spacial score (nSPS) is 10.9. The highest BCUT2D eigenvalue weighted by molar-refractivity contribution is 5.87. The summed E-state index contributed by atoms with van der Waals surface area (Å²) in [7, 11) is 0. The van der Waals surface area contributed by atoms with Crippen molar-refractivity contribution >= 4 is 27.5 Å². The van der Waals surface area contributed by atoms with Gasteiger partial charge in [0, 0.05) is 5.39 Å². The number of nitrogens with one attached hydrogen (secondary N) is 1. The highest BCUT2D eigenvalue weighted by Gasteiger charge is 2.12. The van der Waals surface area contributed by atoms with Crippen LogP contribution in [0.25, 0.3) is 21.5 Å². The van der Waals surface area contributed by atoms with E-state index < -0.39 is 0 Å². The number of aromatic nitrogens is 2. The molecule has 0 aliphatic rings. The molecule has 4 aromatic rings. The van der Waals surface area contributed by atoms with Gasteiger partial charge < -0.3 is 4.74 Å². The number of hydrogen-bond acceptors (Lipinski definition) is 4. The number of H-pyrrole nitrogens is 1. The molecular formula is C21H16N2O3. The van der Waals surface area contributed by atoms with Gasteiger partial charge in [0.05, 0.1) is 17.5 Å². The molecule has 3 aromatic carbocycles. The Bertz CT molecular complexity index is 1160. The molecule has 0 spiro atoms. The maximum atomic E-state index is 12.3. The second kappa shape index (κ2) is 6.80. The Morgan fingerprint density at radius 2 is 1.58 bits per heavy atom. The van der Waals surface area contributed by atoms with Gasteiger partial charge in [-0.25, -0.2) is 5.10 Å². The minimum absolute atomic E-state index is 0.00204. The van der Waals surface area contributed by atoms with Crippen LogP contribution in [-0.2, 0) is 22.6 Å². The van der Waals surface area contributed by atoms with Gasteiger partial charge in [-0.3, -0.25) is 9.59 Å². The number of carbonyl (C=O) groups is 1. The Morgan fingerprint density at radius 1 is 0.885 bits per heavy atom. The number of nitrogens with zero attached hydrogens (tertiary/aromatic N) is 1. The largest absolute Gasteiger partial charge is 0.460 e. The van der Waals surface area contributed by atoms with E-state index in [4.69, 9.17) is 4.74 Å². The molecule has 0 atom stereocenters. The maximum absolute atomic E-state index is 12.3. The molecule has 128 valence electrons. The Morgan fingerprint density at radius 3 is 2.42 bits per heavy atom. The quantitative estimate of drug-likeness (QED) is 0.576. The molecule has 0 aliphatic heterocycles. The van der Waals surface area contributed by atoms with Crippen molar-refractivity contribution in [1.82, 2.24) is 10.2 Å². The highest BCUT2D eigenvalue weighted by Crippen LogP contribution is 2.19. The highest BCUT2D eigenvalue weighted by atomic mass is 16.5. The smallest absolute Gasteiger partial charge is 0.312 e. The zero-order valence-corrected chi connectivity index (χ0v) is 13.9. The Hall–Kier alpha value is -3.47. The monoisotopic (exact) mass is 344 g/mol. The van der Waals surface area contributed by atoms with Crippen molar-refractivity contribution in [2.24, 2.45) is 0 Å². The fourth-order valence-corrected chi connectivity index (χ4v) is 3.07. The SMILES string of the molecule is O=C(Cc1n[nH]c(=O)c2ccccc12)OCc1cccc2ccccc12. The van der Waals surface area contributed by atoms with E-state index in [1.165, 1.54) is 0 Å². The van der Waals surface area contributed by atoms with Crippen LogP contribution in [0, 0.1) is 0 Å². The van der Waals surface area contributed by atoms with Crippen molar-refractivity contribution in [3.05, 3.63) is 88.3 Å². The van der Waals surface area contributed by atoms with Crippen LogP contribution in [0.4, 0.5) is 0 Å². The lowest BCUT2D eigenvalue weighted by Gasteiger charge is -2.09. The third kappa shape index (κ3) is 3.07. The summed E-state index contributed by atoms with van der Waals surface area (Å²) in [6.07, 6.45) is 0.00204. The van der Waals surface area contributed by atoms with E-state index in [1.54, 1.807) is 18.2 Å². The van der Waals surface area contributed by atoms with E-state index in [0.717, 1.165) is 16.3 Å². The van der Waals surface area contributed by atoms with Crippen LogP contribution in [-0.4, -0.2) is 16.2 Å². The van der Waals surface area contributed by atoms with Crippen LogP contribution in [0.2, 0.25) is 0 Å². The Kier molecular flexibility index (Phi) is 4.19. The van der Waals surface area contributed by atoms with Gasteiger partial charge in [0.1, 0.15) is 6.61 Å². The van der Waals surface area contributed by atoms with E-state index in [2.05, 4.69) is 10.2 Å². The van der Waals surface area contributed by atoms with Crippen molar-refractivity contribution in [3.8, 4) is 0 Å². The average Bonchev–Trinajstić information content (AvgIpc) is 2.69. The molecule has 4 rings (SSSR count). The van der Waals surface area contributed by atoms with E-state index >= 15 is 0 Å². The second-order valence-electron chi connectivity index (χ2n) is 6.02. The summed E-state index contributed by atoms with van der Waals surface area (Å²) in [6, 6.07) is 21.0. The molecule has 5 nitrogen and oxygen atoms in total. The summed E-state index contributed by atoms with van der Waals surface area (Å²) in [5.74, 6) is -0.386. The first-order valence-corrected chi connectivity index (χ1v) is 8.31. The van der Waals surface area contributed by atoms with Crippen LogP contribution in [0.15, 0.2) is 71.5 Å². The van der Waals surface area contributed by atoms with Gasteiger partial charge in [-0.15, -0.1) is 0 Å². The van der Waals surface area contributed by atoms with Crippen LogP contribution in [0.3, 0.4) is 0 Å². The van der Waals surface area contributed by atoms with Crippen molar-refractivity contribution < 1.29 is 9.53 Å². The lowest BCUT2D eigenvalue weighted by atomic mass is 10.1. The first kappa shape index (κ1) is 16.0. The molecule has 1 heterocycles. The molecular weight excluding hydrogens is 328 g/mol. The summed E-state index contributed by atoms with van der Waals surface area (Å²) in [5.41, 5.74) is 1.19. The number of fused-ring (bicyclic) bond motifs is 2. The minimum Gasteiger partial charge on any atom is -0.460 e. The third-order valence-corrected chi connectivity index (χ3v) is 4.36. The van der Waals surface area contributed by atoms with Gasteiger partial charge in [-0.2, -0.15) is 5.10 Å². The minimum atomic E-state index is -0.386. The standard InChI is InChI=1S/C21H16N2O3/c24-20(12-19-17-10-3-4-11-18(17)21(25)23-22-19)26-13-15-8-5-7-14-6-1-2-9-16(14)15/h1-11H,12-13H2,(H,23,25). The average molecular weight is 344 g/mol. The van der Waals surface area contributed by atoms with Crippen molar-refractivity contribution in [2.45, 2.75) is 13.0 Å². The van der Waals surface area contributed by atoms with Crippen molar-refractivity contribution in [2.75, 3.05) is 0 Å². The molecule has 0 aliphatic carbocycles. The number of ether oxygens (including phenoxy) is 1. The van der Waals surface area contributed by atoms with Gasteiger partial charge in [-0.05, 0) is 22.4 Å². The molecule has 0 radical (unpaired) electrons. The summed E-state index contributed by atoms with van der Waals surface area (Å²) in [4.78, 5) is 24.1. The molecule has 0 bridgehead atoms. The molecule has 5 heteroatoms. The number of hydrogen-bond donors (Lipinski definition) is 1. The zero-order valence-electron chi connectivity index (χ0n) is 13.9. The van der Waals surface area contributed by atoms with E-state index in [0.29, 0.717) is 16.5 Å². The fraction of sp³-hybridized carbons (Fsp3) is 0.0952. The molecule has 26 heavy (non-hydrogen) atoms. The summed E-state index contributed by atoms with van der Waals surface area (Å²) >= 11 is 0. The summed E-state index contributed by atoms with van der Waals surface area (Å²) in [6.45, 7) is 0.196. The molecule has 0 amide bonds. The Balaban J connectivity index is 1.53. The van der Waals surface area contributed by atoms with Gasteiger partial charge in [-0.1, -0.05) is 60.7 Å². The predicted octanol–water partition coefficient (Wildman–Crippen LogP) is 3.36. The van der Waals surface area contributed by atoms with Crippen LogP contribution in [0.5, 0.6) is 0 Å². The topological polar surface area (TPSA) is 72.0 Å². The molecule has 0 fully saturated rings. The molecule has 0 saturated carbocycles. The number of rotatable bonds is 4. The number of carbonyl (C=O) groups excluding carboxylic acids is 1. The lowest BCUT2D eigenvalue weighted by Crippen LogP contribution is -2.15. The Labute approximate surface area is 149 Å². The summed E-state index contributed by atoms with van der Waals surface area (Å²) in [5, 5.41) is 9.80. The fourth-order valence-electron chi connectivity index (χ4n) is 3.07.